The Morgan fingerprint density at radius 2 is 1.96 bits per heavy atom. The van der Waals surface area contributed by atoms with Gasteiger partial charge in [0.25, 0.3) is 0 Å². The van der Waals surface area contributed by atoms with E-state index >= 15 is 0 Å². The molecule has 1 saturated carbocycles. The van der Waals surface area contributed by atoms with Crippen molar-refractivity contribution >= 4 is 15.7 Å². The van der Waals surface area contributed by atoms with Crippen molar-refractivity contribution in [3.63, 3.8) is 0 Å². The maximum atomic E-state index is 13.0. The van der Waals surface area contributed by atoms with Gasteiger partial charge < -0.3 is 5.32 Å². The topological polar surface area (TPSA) is 63.2 Å². The highest BCUT2D eigenvalue weighted by molar-refractivity contribution is 7.92. The van der Waals surface area contributed by atoms with Crippen LogP contribution in [-0.4, -0.2) is 31.4 Å². The molecule has 2 aliphatic rings. The van der Waals surface area contributed by atoms with Gasteiger partial charge in [0.15, 0.2) is 9.84 Å². The molecule has 1 spiro atoms. The predicted molar refractivity (Wildman–Crippen MR) is 91.0 cm³/mol. The molecule has 0 bridgehead atoms. The van der Waals surface area contributed by atoms with E-state index in [2.05, 4.69) is 29.6 Å². The zero-order valence-corrected chi connectivity index (χ0v) is 14.5. The average Bonchev–Trinajstić information content (AvgIpc) is 2.61. The van der Waals surface area contributed by atoms with Crippen LogP contribution in [0.1, 0.15) is 43.2 Å². The number of carbonyl (C=O) groups excluding carboxylic acids is 1. The summed E-state index contributed by atoms with van der Waals surface area (Å²) in [5.74, 6) is -0.00181. The minimum Gasteiger partial charge on any atom is -0.355 e. The molecule has 2 fully saturated rings. The lowest BCUT2D eigenvalue weighted by Gasteiger charge is -2.42. The molecule has 126 valence electrons. The van der Waals surface area contributed by atoms with Gasteiger partial charge in [-0.15, -0.1) is 0 Å². The van der Waals surface area contributed by atoms with Gasteiger partial charge in [-0.05, 0) is 37.7 Å². The number of benzene rings is 1. The molecule has 3 rings (SSSR count). The molecule has 2 unspecified atom stereocenters. The molecule has 1 N–H and O–H groups in total. The van der Waals surface area contributed by atoms with Crippen LogP contribution in [0.15, 0.2) is 24.3 Å². The summed E-state index contributed by atoms with van der Waals surface area (Å²) in [5, 5.41) is 2.75. The second-order valence-electron chi connectivity index (χ2n) is 7.04. The molecule has 5 heteroatoms. The first-order valence-corrected chi connectivity index (χ1v) is 10.1. The zero-order chi connectivity index (χ0) is 16.5. The van der Waals surface area contributed by atoms with Crippen molar-refractivity contribution in [1.82, 2.24) is 5.32 Å². The molecule has 1 aromatic rings. The third kappa shape index (κ3) is 3.16. The van der Waals surface area contributed by atoms with E-state index in [0.29, 0.717) is 6.42 Å². The highest BCUT2D eigenvalue weighted by Gasteiger charge is 2.52. The van der Waals surface area contributed by atoms with Gasteiger partial charge in [0.1, 0.15) is 0 Å². The van der Waals surface area contributed by atoms with E-state index < -0.39 is 14.6 Å². The maximum Gasteiger partial charge on any atom is 0.221 e. The van der Waals surface area contributed by atoms with Crippen LogP contribution in [0.3, 0.4) is 0 Å². The normalized spacial score (nSPS) is 30.7. The largest absolute Gasteiger partial charge is 0.355 e. The number of rotatable bonds is 2. The van der Waals surface area contributed by atoms with E-state index in [4.69, 9.17) is 0 Å². The summed E-state index contributed by atoms with van der Waals surface area (Å²) in [6.45, 7) is 2.30. The number of hydrogen-bond acceptors (Lipinski definition) is 3. The Hall–Kier alpha value is -1.36. The fourth-order valence-electron chi connectivity index (χ4n) is 4.19. The Bertz CT molecular complexity index is 681. The van der Waals surface area contributed by atoms with E-state index in [1.165, 1.54) is 11.1 Å². The van der Waals surface area contributed by atoms with Crippen LogP contribution >= 0.6 is 0 Å². The Balaban J connectivity index is 1.95. The van der Waals surface area contributed by atoms with Gasteiger partial charge >= 0.3 is 0 Å². The summed E-state index contributed by atoms with van der Waals surface area (Å²) in [6, 6.07) is 8.31. The fourth-order valence-corrected chi connectivity index (χ4v) is 6.49. The molecule has 23 heavy (non-hydrogen) atoms. The number of hydrogen-bond donors (Lipinski definition) is 1. The van der Waals surface area contributed by atoms with Crippen LogP contribution in [0.4, 0.5) is 0 Å². The van der Waals surface area contributed by atoms with Crippen molar-refractivity contribution in [2.75, 3.05) is 12.3 Å². The van der Waals surface area contributed by atoms with E-state index in [1.807, 2.05) is 6.92 Å². The predicted octanol–water partition coefficient (Wildman–Crippen LogP) is 2.40. The summed E-state index contributed by atoms with van der Waals surface area (Å²) in [7, 11) is -3.28. The van der Waals surface area contributed by atoms with Crippen LogP contribution in [0.5, 0.6) is 0 Å². The van der Waals surface area contributed by atoms with Crippen molar-refractivity contribution in [3.05, 3.63) is 35.4 Å². The number of carbonyl (C=O) groups is 1. The van der Waals surface area contributed by atoms with Crippen LogP contribution in [-0.2, 0) is 21.1 Å². The van der Waals surface area contributed by atoms with Crippen LogP contribution < -0.4 is 5.32 Å². The first-order chi connectivity index (χ1) is 10.9. The average molecular weight is 335 g/mol. The summed E-state index contributed by atoms with van der Waals surface area (Å²) in [6.07, 6.45) is 4.34. The summed E-state index contributed by atoms with van der Waals surface area (Å²) in [4.78, 5) is 12.1. The first-order valence-electron chi connectivity index (χ1n) is 8.47. The van der Waals surface area contributed by atoms with Crippen molar-refractivity contribution in [2.24, 2.45) is 5.92 Å². The van der Waals surface area contributed by atoms with Gasteiger partial charge in [0.2, 0.25) is 5.91 Å². The summed E-state index contributed by atoms with van der Waals surface area (Å²) < 4.78 is 25.1. The molecule has 0 aromatic heterocycles. The highest BCUT2D eigenvalue weighted by Crippen LogP contribution is 2.45. The molecular formula is C18H25NO3S. The lowest BCUT2D eigenvalue weighted by molar-refractivity contribution is -0.121. The monoisotopic (exact) mass is 335 g/mol. The molecule has 1 saturated heterocycles. The fraction of sp³-hybridized carbons (Fsp3) is 0.611. The van der Waals surface area contributed by atoms with E-state index in [0.717, 1.165) is 25.7 Å². The van der Waals surface area contributed by atoms with Crippen molar-refractivity contribution < 1.29 is 13.2 Å². The number of amides is 1. The lowest BCUT2D eigenvalue weighted by Crippen LogP contribution is -2.50. The third-order valence-corrected chi connectivity index (χ3v) is 8.18. The molecule has 2 atom stereocenters. The van der Waals surface area contributed by atoms with E-state index in [1.54, 1.807) is 0 Å². The second kappa shape index (κ2) is 6.27. The molecule has 1 aliphatic carbocycles. The molecule has 0 radical (unpaired) electrons. The molecule has 1 aliphatic heterocycles. The summed E-state index contributed by atoms with van der Waals surface area (Å²) >= 11 is 0. The number of nitrogens with one attached hydrogen (secondary N) is 1. The Morgan fingerprint density at radius 1 is 1.22 bits per heavy atom. The van der Waals surface area contributed by atoms with E-state index in [-0.39, 0.29) is 30.5 Å². The van der Waals surface area contributed by atoms with Crippen molar-refractivity contribution in [3.8, 4) is 0 Å². The van der Waals surface area contributed by atoms with Gasteiger partial charge in [-0.1, -0.05) is 42.7 Å². The Labute approximate surface area is 138 Å². The number of aryl methyl sites for hydroxylation is 1. The Morgan fingerprint density at radius 3 is 2.70 bits per heavy atom. The maximum absolute atomic E-state index is 13.0. The second-order valence-corrected chi connectivity index (χ2v) is 9.49. The smallest absolute Gasteiger partial charge is 0.221 e. The van der Waals surface area contributed by atoms with Gasteiger partial charge in [0, 0.05) is 13.0 Å². The SMILES string of the molecule is Cc1ccc(CC2CCCCC23CC(=O)NCCS3(=O)=O)cc1. The quantitative estimate of drug-likeness (QED) is 0.903. The minimum atomic E-state index is -3.28. The van der Waals surface area contributed by atoms with Crippen LogP contribution in [0, 0.1) is 12.8 Å². The van der Waals surface area contributed by atoms with Gasteiger partial charge in [-0.25, -0.2) is 8.42 Å². The van der Waals surface area contributed by atoms with Crippen LogP contribution in [0.2, 0.25) is 0 Å². The highest BCUT2D eigenvalue weighted by atomic mass is 32.2. The number of sulfone groups is 1. The third-order valence-electron chi connectivity index (χ3n) is 5.52. The molecule has 1 heterocycles. The first kappa shape index (κ1) is 16.5. The van der Waals surface area contributed by atoms with Crippen LogP contribution in [0.25, 0.3) is 0 Å². The molecular weight excluding hydrogens is 310 g/mol. The Kier molecular flexibility index (Phi) is 4.50. The van der Waals surface area contributed by atoms with Gasteiger partial charge in [-0.3, -0.25) is 4.79 Å². The minimum absolute atomic E-state index is 0.0350. The van der Waals surface area contributed by atoms with Crippen molar-refractivity contribution in [2.45, 2.75) is 50.2 Å². The van der Waals surface area contributed by atoms with Gasteiger partial charge in [-0.2, -0.15) is 0 Å². The standard InChI is InChI=1S/C18H25NO3S/c1-14-5-7-15(8-6-14)12-16-4-2-3-9-18(16)13-17(20)19-10-11-23(18,21)22/h5-8,16H,2-4,9-13H2,1H3,(H,19,20). The zero-order valence-electron chi connectivity index (χ0n) is 13.7. The summed E-state index contributed by atoms with van der Waals surface area (Å²) in [5.41, 5.74) is 2.37. The lowest BCUT2D eigenvalue weighted by atomic mass is 9.73. The molecule has 4 nitrogen and oxygen atoms in total. The molecule has 1 amide bonds. The van der Waals surface area contributed by atoms with Gasteiger partial charge in [0.05, 0.1) is 10.5 Å². The molecule has 1 aromatic carbocycles. The van der Waals surface area contributed by atoms with Crippen molar-refractivity contribution in [1.29, 1.82) is 0 Å². The van der Waals surface area contributed by atoms with E-state index in [9.17, 15) is 13.2 Å².